The minimum Gasteiger partial charge on any atom is -0.464 e. The maximum absolute atomic E-state index is 12.0. The summed E-state index contributed by atoms with van der Waals surface area (Å²) in [5.41, 5.74) is 1.77. The molecule has 4 heteroatoms. The molecule has 2 rings (SSSR count). The van der Waals surface area contributed by atoms with Gasteiger partial charge in [-0.2, -0.15) is 0 Å². The summed E-state index contributed by atoms with van der Waals surface area (Å²) in [5, 5.41) is 0. The van der Waals surface area contributed by atoms with Crippen LogP contribution in [0.1, 0.15) is 18.2 Å². The molecule has 1 heterocycles. The van der Waals surface area contributed by atoms with Crippen molar-refractivity contribution in [2.45, 2.75) is 19.4 Å². The number of pyridine rings is 1. The fourth-order valence-corrected chi connectivity index (χ4v) is 1.87. The Labute approximate surface area is 124 Å². The van der Waals surface area contributed by atoms with E-state index in [-0.39, 0.29) is 5.97 Å². The zero-order valence-corrected chi connectivity index (χ0v) is 12.0. The van der Waals surface area contributed by atoms with Gasteiger partial charge >= 0.3 is 5.97 Å². The van der Waals surface area contributed by atoms with Crippen LogP contribution in [0.25, 0.3) is 0 Å². The molecule has 1 atom stereocenters. The summed E-state index contributed by atoms with van der Waals surface area (Å²) in [7, 11) is 0. The van der Waals surface area contributed by atoms with Crippen LogP contribution in [-0.2, 0) is 16.0 Å². The second-order valence-corrected chi connectivity index (χ2v) is 4.48. The van der Waals surface area contributed by atoms with Crippen LogP contribution >= 0.6 is 0 Å². The summed E-state index contributed by atoms with van der Waals surface area (Å²) >= 11 is 0. The monoisotopic (exact) mass is 282 g/mol. The maximum Gasteiger partial charge on any atom is 0.331 e. The van der Waals surface area contributed by atoms with E-state index in [0.717, 1.165) is 11.3 Å². The number of ether oxygens (including phenoxy) is 1. The van der Waals surface area contributed by atoms with Gasteiger partial charge in [0, 0.05) is 24.5 Å². The van der Waals surface area contributed by atoms with Crippen molar-refractivity contribution in [3.63, 3.8) is 0 Å². The number of carbonyl (C=O) groups is 1. The summed E-state index contributed by atoms with van der Waals surface area (Å²) in [4.78, 5) is 20.6. The van der Waals surface area contributed by atoms with Gasteiger partial charge in [-0.1, -0.05) is 36.4 Å². The average molecular weight is 282 g/mol. The number of carbonyl (C=O) groups excluding carboxylic acids is 1. The molecule has 108 valence electrons. The average Bonchev–Trinajstić information content (AvgIpc) is 2.53. The lowest BCUT2D eigenvalue weighted by Crippen LogP contribution is -2.24. The standard InChI is InChI=1S/C17H18N2O2/c1-2-21-17(20)16(12-15-10-6-7-11-18-15)19-13-14-8-4-3-5-9-14/h3-11,13,16H,2,12H2,1H3. The molecule has 0 fully saturated rings. The smallest absolute Gasteiger partial charge is 0.331 e. The van der Waals surface area contributed by atoms with Crippen molar-refractivity contribution >= 4 is 12.2 Å². The zero-order chi connectivity index (χ0) is 14.9. The minimum atomic E-state index is -0.569. The molecule has 2 aromatic rings. The summed E-state index contributed by atoms with van der Waals surface area (Å²) in [5.74, 6) is -0.324. The summed E-state index contributed by atoms with van der Waals surface area (Å²) in [6, 6.07) is 14.7. The maximum atomic E-state index is 12.0. The van der Waals surface area contributed by atoms with Gasteiger partial charge in [-0.15, -0.1) is 0 Å². The lowest BCUT2D eigenvalue weighted by Gasteiger charge is -2.10. The Bertz CT molecular complexity index is 582. The van der Waals surface area contributed by atoms with Gasteiger partial charge in [0.15, 0.2) is 6.04 Å². The van der Waals surface area contributed by atoms with E-state index in [4.69, 9.17) is 4.74 Å². The van der Waals surface area contributed by atoms with Gasteiger partial charge in [0.05, 0.1) is 6.61 Å². The Morgan fingerprint density at radius 2 is 2.00 bits per heavy atom. The second kappa shape index (κ2) is 7.94. The minimum absolute atomic E-state index is 0.324. The zero-order valence-electron chi connectivity index (χ0n) is 12.0. The number of rotatable bonds is 6. The van der Waals surface area contributed by atoms with Crippen molar-refractivity contribution in [2.75, 3.05) is 6.61 Å². The van der Waals surface area contributed by atoms with E-state index in [0.29, 0.717) is 13.0 Å². The number of esters is 1. The Morgan fingerprint density at radius 3 is 2.67 bits per heavy atom. The molecule has 0 spiro atoms. The number of benzene rings is 1. The van der Waals surface area contributed by atoms with E-state index in [9.17, 15) is 4.79 Å². The van der Waals surface area contributed by atoms with Crippen LogP contribution in [0.4, 0.5) is 0 Å². The molecule has 0 N–H and O–H groups in total. The molecule has 0 saturated carbocycles. The van der Waals surface area contributed by atoms with Gasteiger partial charge in [-0.05, 0) is 24.6 Å². The third-order valence-electron chi connectivity index (χ3n) is 2.89. The van der Waals surface area contributed by atoms with Gasteiger partial charge in [0.25, 0.3) is 0 Å². The largest absolute Gasteiger partial charge is 0.464 e. The Balaban J connectivity index is 2.12. The Morgan fingerprint density at radius 1 is 1.24 bits per heavy atom. The van der Waals surface area contributed by atoms with Crippen LogP contribution in [0.2, 0.25) is 0 Å². The van der Waals surface area contributed by atoms with Crippen molar-refractivity contribution in [3.8, 4) is 0 Å². The molecule has 1 aromatic heterocycles. The van der Waals surface area contributed by atoms with Crippen LogP contribution in [0.5, 0.6) is 0 Å². The van der Waals surface area contributed by atoms with E-state index in [1.807, 2.05) is 48.5 Å². The van der Waals surface area contributed by atoms with Crippen LogP contribution in [0.15, 0.2) is 59.7 Å². The number of aromatic nitrogens is 1. The van der Waals surface area contributed by atoms with Gasteiger partial charge < -0.3 is 4.74 Å². The molecule has 1 unspecified atom stereocenters. The lowest BCUT2D eigenvalue weighted by atomic mass is 10.1. The molecule has 0 amide bonds. The molecule has 0 aliphatic carbocycles. The quantitative estimate of drug-likeness (QED) is 0.604. The van der Waals surface area contributed by atoms with Crippen LogP contribution in [0, 0.1) is 0 Å². The van der Waals surface area contributed by atoms with Crippen molar-refractivity contribution in [2.24, 2.45) is 4.99 Å². The first-order valence-electron chi connectivity index (χ1n) is 6.94. The van der Waals surface area contributed by atoms with Gasteiger partial charge in [-0.3, -0.25) is 9.98 Å². The predicted octanol–water partition coefficient (Wildman–Crippen LogP) is 2.67. The summed E-state index contributed by atoms with van der Waals surface area (Å²) < 4.78 is 5.08. The highest BCUT2D eigenvalue weighted by Gasteiger charge is 2.19. The SMILES string of the molecule is CCOC(=O)C(Cc1ccccn1)N=Cc1ccccc1. The van der Waals surface area contributed by atoms with Crippen LogP contribution in [-0.4, -0.2) is 29.8 Å². The molecule has 0 radical (unpaired) electrons. The molecular formula is C17H18N2O2. The number of hydrogen-bond acceptors (Lipinski definition) is 4. The third-order valence-corrected chi connectivity index (χ3v) is 2.89. The van der Waals surface area contributed by atoms with Crippen LogP contribution < -0.4 is 0 Å². The fraction of sp³-hybridized carbons (Fsp3) is 0.235. The van der Waals surface area contributed by atoms with Gasteiger partial charge in [0.2, 0.25) is 0 Å². The summed E-state index contributed by atoms with van der Waals surface area (Å²) in [6.45, 7) is 2.13. The van der Waals surface area contributed by atoms with E-state index in [2.05, 4.69) is 9.98 Å². The molecule has 21 heavy (non-hydrogen) atoms. The Kier molecular flexibility index (Phi) is 5.64. The highest BCUT2D eigenvalue weighted by Crippen LogP contribution is 2.06. The van der Waals surface area contributed by atoms with Crippen molar-refractivity contribution in [3.05, 3.63) is 66.0 Å². The predicted molar refractivity (Wildman–Crippen MR) is 82.4 cm³/mol. The fourth-order valence-electron chi connectivity index (χ4n) is 1.87. The van der Waals surface area contributed by atoms with E-state index in [1.54, 1.807) is 19.3 Å². The number of nitrogens with zero attached hydrogens (tertiary/aromatic N) is 2. The van der Waals surface area contributed by atoms with E-state index >= 15 is 0 Å². The normalized spacial score (nSPS) is 12.2. The molecular weight excluding hydrogens is 264 g/mol. The number of aliphatic imine (C=N–C) groups is 1. The first-order chi connectivity index (χ1) is 10.3. The highest BCUT2D eigenvalue weighted by atomic mass is 16.5. The van der Waals surface area contributed by atoms with E-state index in [1.165, 1.54) is 0 Å². The van der Waals surface area contributed by atoms with Crippen molar-refractivity contribution in [1.29, 1.82) is 0 Å². The summed E-state index contributed by atoms with van der Waals surface area (Å²) in [6.07, 6.45) is 3.84. The molecule has 4 nitrogen and oxygen atoms in total. The highest BCUT2D eigenvalue weighted by molar-refractivity contribution is 5.84. The molecule has 0 aliphatic rings. The topological polar surface area (TPSA) is 51.5 Å². The van der Waals surface area contributed by atoms with E-state index < -0.39 is 6.04 Å². The molecule has 0 saturated heterocycles. The first-order valence-corrected chi connectivity index (χ1v) is 6.94. The Hall–Kier alpha value is -2.49. The van der Waals surface area contributed by atoms with Crippen molar-refractivity contribution in [1.82, 2.24) is 4.98 Å². The first kappa shape index (κ1) is 14.9. The van der Waals surface area contributed by atoms with Gasteiger partial charge in [0.1, 0.15) is 0 Å². The van der Waals surface area contributed by atoms with Crippen molar-refractivity contribution < 1.29 is 9.53 Å². The molecule has 0 aliphatic heterocycles. The van der Waals surface area contributed by atoms with Gasteiger partial charge in [-0.25, -0.2) is 4.79 Å². The molecule has 0 bridgehead atoms. The van der Waals surface area contributed by atoms with Crippen LogP contribution in [0.3, 0.4) is 0 Å². The second-order valence-electron chi connectivity index (χ2n) is 4.48. The third kappa shape index (κ3) is 4.84. The lowest BCUT2D eigenvalue weighted by molar-refractivity contribution is -0.144. The number of hydrogen-bond donors (Lipinski definition) is 0. The molecule has 1 aromatic carbocycles.